The number of amides is 2. The van der Waals surface area contributed by atoms with Crippen LogP contribution in [0.25, 0.3) is 0 Å². The normalized spacial score (nSPS) is 19.1. The number of non-ortho nitro benzene ring substituents is 1. The lowest BCUT2D eigenvalue weighted by molar-refractivity contribution is -0.384. The van der Waals surface area contributed by atoms with Crippen molar-refractivity contribution < 1.29 is 14.5 Å². The molecule has 2 aliphatic rings. The zero-order chi connectivity index (χ0) is 19.0. The first-order chi connectivity index (χ1) is 13.1. The molecular formula is C20H19N3O4. The molecule has 0 spiro atoms. The summed E-state index contributed by atoms with van der Waals surface area (Å²) < 4.78 is 0. The molecule has 0 N–H and O–H groups in total. The summed E-state index contributed by atoms with van der Waals surface area (Å²) >= 11 is 0. The molecule has 138 valence electrons. The van der Waals surface area contributed by atoms with Crippen molar-refractivity contribution in [1.82, 2.24) is 0 Å². The van der Waals surface area contributed by atoms with Gasteiger partial charge in [0.2, 0.25) is 11.8 Å². The lowest BCUT2D eigenvalue weighted by atomic mass is 10.00. The minimum atomic E-state index is -0.579. The summed E-state index contributed by atoms with van der Waals surface area (Å²) in [5.41, 5.74) is 2.19. The summed E-state index contributed by atoms with van der Waals surface area (Å²) in [5, 5.41) is 11.1. The Morgan fingerprint density at radius 3 is 2.63 bits per heavy atom. The largest absolute Gasteiger partial charge is 0.310 e. The van der Waals surface area contributed by atoms with Gasteiger partial charge in [-0.2, -0.15) is 0 Å². The van der Waals surface area contributed by atoms with Gasteiger partial charge in [-0.15, -0.1) is 0 Å². The number of rotatable bonds is 3. The topological polar surface area (TPSA) is 83.8 Å². The second kappa shape index (κ2) is 6.83. The second-order valence-corrected chi connectivity index (χ2v) is 6.82. The second-order valence-electron chi connectivity index (χ2n) is 6.82. The highest BCUT2D eigenvalue weighted by atomic mass is 16.6. The van der Waals surface area contributed by atoms with Crippen molar-refractivity contribution in [2.45, 2.75) is 31.7 Å². The number of benzene rings is 2. The molecule has 2 aromatic carbocycles. The summed E-state index contributed by atoms with van der Waals surface area (Å²) in [7, 11) is 0. The average Bonchev–Trinajstić information content (AvgIpc) is 3.08. The van der Waals surface area contributed by atoms with Gasteiger partial charge in [0.15, 0.2) is 0 Å². The van der Waals surface area contributed by atoms with Crippen molar-refractivity contribution in [2.24, 2.45) is 0 Å². The number of nitro benzene ring substituents is 1. The van der Waals surface area contributed by atoms with Crippen LogP contribution in [0.15, 0.2) is 48.5 Å². The molecule has 27 heavy (non-hydrogen) atoms. The lowest BCUT2D eigenvalue weighted by Gasteiger charge is -2.34. The van der Waals surface area contributed by atoms with Gasteiger partial charge in [0, 0.05) is 30.8 Å². The highest BCUT2D eigenvalue weighted by Crippen LogP contribution is 2.34. The van der Waals surface area contributed by atoms with Gasteiger partial charge >= 0.3 is 0 Å². The van der Waals surface area contributed by atoms with E-state index in [9.17, 15) is 19.7 Å². The van der Waals surface area contributed by atoms with Crippen LogP contribution in [0, 0.1) is 10.1 Å². The van der Waals surface area contributed by atoms with Crippen molar-refractivity contribution >= 4 is 28.9 Å². The van der Waals surface area contributed by atoms with Gasteiger partial charge in [0.25, 0.3) is 5.69 Å². The molecule has 0 aliphatic carbocycles. The van der Waals surface area contributed by atoms with Crippen LogP contribution in [0.2, 0.25) is 0 Å². The number of nitro groups is 1. The van der Waals surface area contributed by atoms with E-state index in [1.807, 2.05) is 30.3 Å². The molecule has 2 amide bonds. The van der Waals surface area contributed by atoms with Gasteiger partial charge in [-0.25, -0.2) is 0 Å². The zero-order valence-corrected chi connectivity index (χ0v) is 14.7. The fourth-order valence-corrected chi connectivity index (χ4v) is 3.92. The smallest absolute Gasteiger partial charge is 0.271 e. The fraction of sp³-hybridized carbons (Fsp3) is 0.300. The van der Waals surface area contributed by atoms with E-state index in [1.54, 1.807) is 15.9 Å². The Morgan fingerprint density at radius 1 is 1.11 bits per heavy atom. The van der Waals surface area contributed by atoms with E-state index in [2.05, 4.69) is 0 Å². The average molecular weight is 365 g/mol. The van der Waals surface area contributed by atoms with E-state index < -0.39 is 11.0 Å². The number of para-hydroxylation sites is 1. The third-order valence-electron chi connectivity index (χ3n) is 5.20. The van der Waals surface area contributed by atoms with E-state index >= 15 is 0 Å². The molecule has 0 bridgehead atoms. The van der Waals surface area contributed by atoms with Gasteiger partial charge in [0.05, 0.1) is 10.6 Å². The number of anilines is 2. The van der Waals surface area contributed by atoms with Gasteiger partial charge in [-0.1, -0.05) is 24.3 Å². The lowest BCUT2D eigenvalue weighted by Crippen LogP contribution is -2.48. The molecule has 0 saturated carbocycles. The number of nitrogens with zero attached hydrogens (tertiary/aromatic N) is 3. The van der Waals surface area contributed by atoms with Crippen LogP contribution < -0.4 is 9.80 Å². The maximum absolute atomic E-state index is 13.3. The summed E-state index contributed by atoms with van der Waals surface area (Å²) in [5.74, 6) is -0.248. The van der Waals surface area contributed by atoms with Crippen molar-refractivity contribution in [2.75, 3.05) is 16.3 Å². The first-order valence-corrected chi connectivity index (χ1v) is 9.02. The van der Waals surface area contributed by atoms with Crippen LogP contribution in [-0.2, 0) is 16.0 Å². The third-order valence-corrected chi connectivity index (χ3v) is 5.20. The molecule has 0 radical (unpaired) electrons. The molecule has 1 fully saturated rings. The number of aryl methyl sites for hydroxylation is 1. The molecule has 2 heterocycles. The Kier molecular flexibility index (Phi) is 4.35. The SMILES string of the molecule is O=C(C1CCC(=O)N1c1ccccc1)N1CCCc2ccc([N+](=O)[O-])cc21. The van der Waals surface area contributed by atoms with Crippen LogP contribution in [0.3, 0.4) is 0 Å². The van der Waals surface area contributed by atoms with Crippen molar-refractivity contribution in [1.29, 1.82) is 0 Å². The predicted molar refractivity (Wildman–Crippen MR) is 101 cm³/mol. The third kappa shape index (κ3) is 3.05. The van der Waals surface area contributed by atoms with Gasteiger partial charge < -0.3 is 4.90 Å². The molecule has 1 saturated heterocycles. The monoisotopic (exact) mass is 365 g/mol. The first-order valence-electron chi connectivity index (χ1n) is 9.02. The van der Waals surface area contributed by atoms with Gasteiger partial charge in [-0.05, 0) is 37.0 Å². The van der Waals surface area contributed by atoms with E-state index in [0.29, 0.717) is 30.8 Å². The molecule has 2 aliphatic heterocycles. The molecule has 2 aromatic rings. The summed E-state index contributed by atoms with van der Waals surface area (Å²) in [4.78, 5) is 39.6. The highest BCUT2D eigenvalue weighted by Gasteiger charge is 2.40. The predicted octanol–water partition coefficient (Wildman–Crippen LogP) is 3.07. The Bertz CT molecular complexity index is 913. The Labute approximate surface area is 156 Å². The summed E-state index contributed by atoms with van der Waals surface area (Å²) in [6.07, 6.45) is 2.35. The minimum absolute atomic E-state index is 0.0316. The van der Waals surface area contributed by atoms with Crippen molar-refractivity contribution in [3.63, 3.8) is 0 Å². The van der Waals surface area contributed by atoms with E-state index in [1.165, 1.54) is 12.1 Å². The quantitative estimate of drug-likeness (QED) is 0.618. The van der Waals surface area contributed by atoms with E-state index in [0.717, 1.165) is 18.4 Å². The van der Waals surface area contributed by atoms with Crippen LogP contribution >= 0.6 is 0 Å². The van der Waals surface area contributed by atoms with Crippen LogP contribution in [-0.4, -0.2) is 29.3 Å². The summed E-state index contributed by atoms with van der Waals surface area (Å²) in [6, 6.07) is 13.3. The number of carbonyl (C=O) groups is 2. The van der Waals surface area contributed by atoms with Gasteiger partial charge in [0.1, 0.15) is 6.04 Å². The number of carbonyl (C=O) groups excluding carboxylic acids is 2. The standard InChI is InChI=1S/C20H19N3O4/c24-19-11-10-17(22(19)15-6-2-1-3-7-15)20(25)21-12-4-5-14-8-9-16(23(26)27)13-18(14)21/h1-3,6-9,13,17H,4-5,10-12H2. The van der Waals surface area contributed by atoms with Crippen LogP contribution in [0.5, 0.6) is 0 Å². The molecule has 7 nitrogen and oxygen atoms in total. The summed E-state index contributed by atoms with van der Waals surface area (Å²) in [6.45, 7) is 0.500. The zero-order valence-electron chi connectivity index (χ0n) is 14.7. The number of hydrogen-bond donors (Lipinski definition) is 0. The molecule has 4 rings (SSSR count). The van der Waals surface area contributed by atoms with Crippen molar-refractivity contribution in [3.05, 3.63) is 64.2 Å². The Hall–Kier alpha value is -3.22. The molecular weight excluding hydrogens is 346 g/mol. The van der Waals surface area contributed by atoms with E-state index in [-0.39, 0.29) is 17.5 Å². The van der Waals surface area contributed by atoms with E-state index in [4.69, 9.17) is 0 Å². The number of hydrogen-bond acceptors (Lipinski definition) is 4. The number of fused-ring (bicyclic) bond motifs is 1. The Balaban J connectivity index is 1.68. The molecule has 1 atom stereocenters. The highest BCUT2D eigenvalue weighted by molar-refractivity contribution is 6.09. The maximum Gasteiger partial charge on any atom is 0.271 e. The molecule has 0 aromatic heterocycles. The van der Waals surface area contributed by atoms with Crippen molar-refractivity contribution in [3.8, 4) is 0 Å². The van der Waals surface area contributed by atoms with Crippen LogP contribution in [0.1, 0.15) is 24.8 Å². The first kappa shape index (κ1) is 17.2. The fourth-order valence-electron chi connectivity index (χ4n) is 3.92. The molecule has 7 heteroatoms. The minimum Gasteiger partial charge on any atom is -0.310 e. The maximum atomic E-state index is 13.3. The van der Waals surface area contributed by atoms with Crippen LogP contribution in [0.4, 0.5) is 17.1 Å². The van der Waals surface area contributed by atoms with Gasteiger partial charge in [-0.3, -0.25) is 24.6 Å². The Morgan fingerprint density at radius 2 is 1.89 bits per heavy atom. The molecule has 1 unspecified atom stereocenters.